The van der Waals surface area contributed by atoms with E-state index in [9.17, 15) is 0 Å². The third-order valence-electron chi connectivity index (χ3n) is 1.85. The monoisotopic (exact) mass is 190 g/mol. The van der Waals surface area contributed by atoms with Gasteiger partial charge in [0, 0.05) is 18.8 Å². The highest BCUT2D eigenvalue weighted by Gasteiger charge is 2.04. The Labute approximate surface area is 81.1 Å². The lowest BCUT2D eigenvalue weighted by atomic mass is 10.2. The van der Waals surface area contributed by atoms with E-state index >= 15 is 0 Å². The van der Waals surface area contributed by atoms with Gasteiger partial charge >= 0.3 is 0 Å². The Morgan fingerprint density at radius 3 is 2.67 bits per heavy atom. The summed E-state index contributed by atoms with van der Waals surface area (Å²) in [5.74, 6) is 1.99. The average molecular weight is 190 g/mol. The molecule has 0 spiro atoms. The molecule has 0 rings (SSSR count). The van der Waals surface area contributed by atoms with E-state index in [2.05, 4.69) is 30.4 Å². The van der Waals surface area contributed by atoms with Gasteiger partial charge in [0.15, 0.2) is 0 Å². The highest BCUT2D eigenvalue weighted by Crippen LogP contribution is 1.98. The maximum atomic E-state index is 3.20. The van der Waals surface area contributed by atoms with E-state index in [4.69, 9.17) is 0 Å². The average Bonchev–Trinajstić information content (AvgIpc) is 2.01. The summed E-state index contributed by atoms with van der Waals surface area (Å²) in [6.07, 6.45) is 2.16. The fraction of sp³-hybridized carbons (Fsp3) is 1.00. The Kier molecular flexibility index (Phi) is 8.07. The fourth-order valence-corrected chi connectivity index (χ4v) is 1.78. The van der Waals surface area contributed by atoms with Crippen LogP contribution in [0.4, 0.5) is 0 Å². The van der Waals surface area contributed by atoms with E-state index in [1.807, 2.05) is 18.8 Å². The van der Waals surface area contributed by atoms with Gasteiger partial charge in [-0.25, -0.2) is 0 Å². The Hall–Kier alpha value is 0.270. The number of nitrogens with one attached hydrogen (secondary N) is 1. The van der Waals surface area contributed by atoms with Crippen molar-refractivity contribution in [3.05, 3.63) is 0 Å². The summed E-state index contributed by atoms with van der Waals surface area (Å²) in [6.45, 7) is 5.80. The van der Waals surface area contributed by atoms with Crippen LogP contribution < -0.4 is 5.32 Å². The van der Waals surface area contributed by atoms with E-state index in [0.29, 0.717) is 0 Å². The number of thioether (sulfide) groups is 1. The van der Waals surface area contributed by atoms with Crippen molar-refractivity contribution in [2.24, 2.45) is 5.92 Å². The van der Waals surface area contributed by atoms with Crippen LogP contribution in [0, 0.1) is 5.92 Å². The minimum Gasteiger partial charge on any atom is -0.319 e. The molecule has 1 atom stereocenters. The van der Waals surface area contributed by atoms with Crippen molar-refractivity contribution in [1.82, 2.24) is 10.2 Å². The van der Waals surface area contributed by atoms with Gasteiger partial charge in [0.2, 0.25) is 0 Å². The molecular weight excluding hydrogens is 168 g/mol. The quantitative estimate of drug-likeness (QED) is 0.648. The number of nitrogens with zero attached hydrogens (tertiary/aromatic N) is 1. The Balaban J connectivity index is 3.33. The molecule has 0 fully saturated rings. The van der Waals surface area contributed by atoms with Crippen molar-refractivity contribution >= 4 is 11.8 Å². The van der Waals surface area contributed by atoms with Gasteiger partial charge in [-0.3, -0.25) is 0 Å². The molecule has 3 heteroatoms. The van der Waals surface area contributed by atoms with Crippen LogP contribution in [0.3, 0.4) is 0 Å². The van der Waals surface area contributed by atoms with Crippen molar-refractivity contribution in [3.8, 4) is 0 Å². The van der Waals surface area contributed by atoms with Gasteiger partial charge in [0.25, 0.3) is 0 Å². The second-order valence-electron chi connectivity index (χ2n) is 3.42. The molecule has 2 nitrogen and oxygen atoms in total. The molecule has 0 aromatic heterocycles. The highest BCUT2D eigenvalue weighted by molar-refractivity contribution is 7.98. The maximum Gasteiger partial charge on any atom is 0.00693 e. The van der Waals surface area contributed by atoms with Crippen LogP contribution in [0.5, 0.6) is 0 Å². The first kappa shape index (κ1) is 12.3. The number of hydrogen-bond acceptors (Lipinski definition) is 3. The molecule has 0 aliphatic rings. The highest BCUT2D eigenvalue weighted by atomic mass is 32.2. The molecule has 0 aromatic rings. The summed E-state index contributed by atoms with van der Waals surface area (Å²) in [4.78, 5) is 2.40. The predicted molar refractivity (Wildman–Crippen MR) is 59.0 cm³/mol. The van der Waals surface area contributed by atoms with Crippen LogP contribution in [-0.4, -0.2) is 50.6 Å². The molecule has 0 aliphatic carbocycles. The summed E-state index contributed by atoms with van der Waals surface area (Å²) in [7, 11) is 4.21. The van der Waals surface area contributed by atoms with Gasteiger partial charge in [0.1, 0.15) is 0 Å². The first-order valence-electron chi connectivity index (χ1n) is 4.52. The maximum absolute atomic E-state index is 3.20. The SMILES string of the molecule is CNCC(C)CN(C)CCSC. The molecule has 0 aromatic carbocycles. The minimum absolute atomic E-state index is 0.752. The lowest BCUT2D eigenvalue weighted by molar-refractivity contribution is 0.298. The summed E-state index contributed by atoms with van der Waals surface area (Å²) in [6, 6.07) is 0. The summed E-state index contributed by atoms with van der Waals surface area (Å²) in [5, 5.41) is 3.20. The predicted octanol–water partition coefficient (Wildman–Crippen LogP) is 1.14. The molecule has 1 N–H and O–H groups in total. The van der Waals surface area contributed by atoms with Gasteiger partial charge < -0.3 is 10.2 Å². The first-order valence-corrected chi connectivity index (χ1v) is 5.92. The van der Waals surface area contributed by atoms with Gasteiger partial charge in [-0.2, -0.15) is 11.8 Å². The smallest absolute Gasteiger partial charge is 0.00693 e. The molecule has 0 aliphatic heterocycles. The third kappa shape index (κ3) is 6.95. The standard InChI is InChI=1S/C9H22N2S/c1-9(7-10-2)8-11(3)5-6-12-4/h9-10H,5-8H2,1-4H3. The van der Waals surface area contributed by atoms with Gasteiger partial charge in [-0.15, -0.1) is 0 Å². The van der Waals surface area contributed by atoms with Gasteiger partial charge in [-0.1, -0.05) is 6.92 Å². The summed E-state index contributed by atoms with van der Waals surface area (Å²) in [5.41, 5.74) is 0. The number of rotatable bonds is 7. The van der Waals surface area contributed by atoms with E-state index in [-0.39, 0.29) is 0 Å². The van der Waals surface area contributed by atoms with Crippen LogP contribution in [-0.2, 0) is 0 Å². The third-order valence-corrected chi connectivity index (χ3v) is 2.44. The molecule has 0 radical (unpaired) electrons. The normalized spacial score (nSPS) is 13.8. The molecule has 0 saturated heterocycles. The van der Waals surface area contributed by atoms with Crippen LogP contribution >= 0.6 is 11.8 Å². The summed E-state index contributed by atoms with van der Waals surface area (Å²) < 4.78 is 0. The second-order valence-corrected chi connectivity index (χ2v) is 4.40. The molecule has 0 amide bonds. The minimum atomic E-state index is 0.752. The molecule has 74 valence electrons. The topological polar surface area (TPSA) is 15.3 Å². The van der Waals surface area contributed by atoms with Crippen LogP contribution in [0.15, 0.2) is 0 Å². The lowest BCUT2D eigenvalue weighted by Gasteiger charge is -2.20. The molecular formula is C9H22N2S. The van der Waals surface area contributed by atoms with E-state index < -0.39 is 0 Å². The van der Waals surface area contributed by atoms with Crippen LogP contribution in [0.25, 0.3) is 0 Å². The largest absolute Gasteiger partial charge is 0.319 e. The zero-order chi connectivity index (χ0) is 9.40. The van der Waals surface area contributed by atoms with Crippen LogP contribution in [0.2, 0.25) is 0 Å². The summed E-state index contributed by atoms with van der Waals surface area (Å²) >= 11 is 1.91. The van der Waals surface area contributed by atoms with Gasteiger partial charge in [0.05, 0.1) is 0 Å². The van der Waals surface area contributed by atoms with Crippen molar-refractivity contribution in [3.63, 3.8) is 0 Å². The van der Waals surface area contributed by atoms with Gasteiger partial charge in [-0.05, 0) is 32.8 Å². The van der Waals surface area contributed by atoms with E-state index in [1.54, 1.807) is 0 Å². The zero-order valence-electron chi connectivity index (χ0n) is 8.76. The number of hydrogen-bond donors (Lipinski definition) is 1. The first-order chi connectivity index (χ1) is 5.70. The van der Waals surface area contributed by atoms with Crippen molar-refractivity contribution in [2.45, 2.75) is 6.92 Å². The Morgan fingerprint density at radius 2 is 2.17 bits per heavy atom. The molecule has 0 saturated carbocycles. The molecule has 0 bridgehead atoms. The fourth-order valence-electron chi connectivity index (χ4n) is 1.28. The van der Waals surface area contributed by atoms with Crippen molar-refractivity contribution in [1.29, 1.82) is 0 Å². The Bertz CT molecular complexity index is 98.5. The Morgan fingerprint density at radius 1 is 1.50 bits per heavy atom. The molecule has 12 heavy (non-hydrogen) atoms. The van der Waals surface area contributed by atoms with E-state index in [0.717, 1.165) is 12.5 Å². The molecule has 1 unspecified atom stereocenters. The lowest BCUT2D eigenvalue weighted by Crippen LogP contribution is -2.31. The van der Waals surface area contributed by atoms with Crippen molar-refractivity contribution in [2.75, 3.05) is 45.7 Å². The second kappa shape index (κ2) is 7.90. The van der Waals surface area contributed by atoms with E-state index in [1.165, 1.54) is 18.8 Å². The molecule has 0 heterocycles. The van der Waals surface area contributed by atoms with Crippen molar-refractivity contribution < 1.29 is 0 Å². The zero-order valence-corrected chi connectivity index (χ0v) is 9.58. The van der Waals surface area contributed by atoms with Crippen LogP contribution in [0.1, 0.15) is 6.92 Å².